The lowest BCUT2D eigenvalue weighted by Crippen LogP contribution is -2.14. The topological polar surface area (TPSA) is 41.1 Å². The highest BCUT2D eigenvalue weighted by molar-refractivity contribution is 8.01. The number of rotatable bonds is 3. The summed E-state index contributed by atoms with van der Waals surface area (Å²) >= 11 is 3.51. The Morgan fingerprint density at radius 1 is 1.30 bits per heavy atom. The predicted molar refractivity (Wildman–Crippen MR) is 87.1 cm³/mol. The van der Waals surface area contributed by atoms with Crippen molar-refractivity contribution in [3.05, 3.63) is 29.8 Å². The summed E-state index contributed by atoms with van der Waals surface area (Å²) in [5, 5.41) is 13.5. The molecule has 3 rings (SSSR count). The molecule has 2 heterocycles. The first kappa shape index (κ1) is 13.7. The maximum absolute atomic E-state index is 4.27. The Hall–Kier alpha value is -1.27. The lowest BCUT2D eigenvalue weighted by atomic mass is 10.1. The zero-order valence-electron chi connectivity index (χ0n) is 11.7. The summed E-state index contributed by atoms with van der Waals surface area (Å²) in [7, 11) is 4.00. The summed E-state index contributed by atoms with van der Waals surface area (Å²) in [6.07, 6.45) is 2.30. The number of nitrogens with one attached hydrogen (secondary N) is 1. The highest BCUT2D eigenvalue weighted by Gasteiger charge is 2.18. The summed E-state index contributed by atoms with van der Waals surface area (Å²) in [5.41, 5.74) is 2.70. The lowest BCUT2D eigenvalue weighted by molar-refractivity contribution is 0.801. The van der Waals surface area contributed by atoms with Crippen molar-refractivity contribution in [3.8, 4) is 0 Å². The van der Waals surface area contributed by atoms with Gasteiger partial charge in [0.2, 0.25) is 5.13 Å². The fourth-order valence-corrected chi connectivity index (χ4v) is 4.33. The maximum atomic E-state index is 4.27. The predicted octanol–water partition coefficient (Wildman–Crippen LogP) is 3.12. The number of thioether (sulfide) groups is 1. The van der Waals surface area contributed by atoms with Gasteiger partial charge in [0.15, 0.2) is 4.34 Å². The lowest BCUT2D eigenvalue weighted by Gasteiger charge is -2.11. The number of hydrogen-bond donors (Lipinski definition) is 1. The van der Waals surface area contributed by atoms with Crippen LogP contribution in [-0.4, -0.2) is 36.1 Å². The van der Waals surface area contributed by atoms with Gasteiger partial charge < -0.3 is 10.2 Å². The van der Waals surface area contributed by atoms with Crippen molar-refractivity contribution >= 4 is 33.9 Å². The molecule has 0 saturated carbocycles. The van der Waals surface area contributed by atoms with Gasteiger partial charge in [-0.2, -0.15) is 0 Å². The van der Waals surface area contributed by atoms with Gasteiger partial charge in [-0.15, -0.1) is 10.2 Å². The normalized spacial score (nSPS) is 18.0. The van der Waals surface area contributed by atoms with Gasteiger partial charge in [-0.1, -0.05) is 41.3 Å². The van der Waals surface area contributed by atoms with Crippen molar-refractivity contribution in [2.24, 2.45) is 0 Å². The quantitative estimate of drug-likeness (QED) is 0.943. The van der Waals surface area contributed by atoms with Gasteiger partial charge in [-0.05, 0) is 24.5 Å². The fraction of sp³-hybridized carbons (Fsp3) is 0.429. The first-order chi connectivity index (χ1) is 9.72. The Kier molecular flexibility index (Phi) is 4.12. The molecule has 1 aliphatic rings. The number of aryl methyl sites for hydroxylation is 1. The third-order valence-corrected chi connectivity index (χ3v) is 5.76. The van der Waals surface area contributed by atoms with Crippen LogP contribution in [0.25, 0.3) is 0 Å². The molecule has 0 bridgehead atoms. The van der Waals surface area contributed by atoms with Gasteiger partial charge in [-0.25, -0.2) is 0 Å². The minimum atomic E-state index is 0.547. The standard InChI is InChI=1S/C14H18N4S2/c1-18(2)13-16-17-14(20-13)19-11-8-7-10-5-3-4-6-12(10)15-9-11/h3-6,11,15H,7-9H2,1-2H3. The van der Waals surface area contributed by atoms with Crippen molar-refractivity contribution in [2.45, 2.75) is 22.4 Å². The van der Waals surface area contributed by atoms with Crippen LogP contribution >= 0.6 is 23.1 Å². The Morgan fingerprint density at radius 2 is 2.15 bits per heavy atom. The summed E-state index contributed by atoms with van der Waals surface area (Å²) < 4.78 is 1.06. The van der Waals surface area contributed by atoms with Crippen LogP contribution in [-0.2, 0) is 6.42 Å². The second kappa shape index (κ2) is 6.01. The van der Waals surface area contributed by atoms with Gasteiger partial charge in [0.05, 0.1) is 0 Å². The third-order valence-electron chi connectivity index (χ3n) is 3.32. The number of anilines is 2. The van der Waals surface area contributed by atoms with Crippen molar-refractivity contribution in [2.75, 3.05) is 30.9 Å². The molecule has 20 heavy (non-hydrogen) atoms. The first-order valence-corrected chi connectivity index (χ1v) is 8.41. The van der Waals surface area contributed by atoms with Crippen LogP contribution in [0.1, 0.15) is 12.0 Å². The zero-order valence-corrected chi connectivity index (χ0v) is 13.3. The van der Waals surface area contributed by atoms with E-state index in [1.54, 1.807) is 11.3 Å². The van der Waals surface area contributed by atoms with Crippen LogP contribution < -0.4 is 10.2 Å². The van der Waals surface area contributed by atoms with E-state index in [1.807, 2.05) is 30.8 Å². The molecule has 106 valence electrons. The number of nitrogens with zero attached hydrogens (tertiary/aromatic N) is 3. The second-order valence-corrected chi connectivity index (χ2v) is 7.57. The molecule has 6 heteroatoms. The molecule has 0 amide bonds. The average molecular weight is 306 g/mol. The molecule has 0 radical (unpaired) electrons. The van der Waals surface area contributed by atoms with E-state index >= 15 is 0 Å². The first-order valence-electron chi connectivity index (χ1n) is 6.71. The second-order valence-electron chi connectivity index (χ2n) is 5.06. The monoisotopic (exact) mass is 306 g/mol. The summed E-state index contributed by atoms with van der Waals surface area (Å²) in [5.74, 6) is 0. The minimum absolute atomic E-state index is 0.547. The molecule has 0 saturated heterocycles. The van der Waals surface area contributed by atoms with E-state index in [2.05, 4.69) is 39.8 Å². The average Bonchev–Trinajstić information content (AvgIpc) is 2.82. The highest BCUT2D eigenvalue weighted by Crippen LogP contribution is 2.34. The zero-order chi connectivity index (χ0) is 13.9. The molecule has 2 aromatic rings. The molecule has 1 N–H and O–H groups in total. The number of fused-ring (bicyclic) bond motifs is 1. The Labute approximate surface area is 127 Å². The molecule has 1 unspecified atom stereocenters. The third kappa shape index (κ3) is 3.07. The maximum Gasteiger partial charge on any atom is 0.208 e. The number of hydrogen-bond acceptors (Lipinski definition) is 6. The van der Waals surface area contributed by atoms with Gasteiger partial charge in [0, 0.05) is 31.6 Å². The molecule has 0 spiro atoms. The van der Waals surface area contributed by atoms with E-state index in [4.69, 9.17) is 0 Å². The molecular weight excluding hydrogens is 288 g/mol. The Morgan fingerprint density at radius 3 is 2.95 bits per heavy atom. The largest absolute Gasteiger partial charge is 0.384 e. The summed E-state index contributed by atoms with van der Waals surface area (Å²) in [4.78, 5) is 2.00. The molecule has 0 fully saturated rings. The summed E-state index contributed by atoms with van der Waals surface area (Å²) in [6.45, 7) is 0.985. The van der Waals surface area contributed by atoms with E-state index in [-0.39, 0.29) is 0 Å². The van der Waals surface area contributed by atoms with E-state index in [0.717, 1.165) is 22.4 Å². The van der Waals surface area contributed by atoms with Gasteiger partial charge in [-0.3, -0.25) is 0 Å². The van der Waals surface area contributed by atoms with Crippen LogP contribution in [0.15, 0.2) is 28.6 Å². The molecule has 0 aliphatic carbocycles. The van der Waals surface area contributed by atoms with E-state index in [1.165, 1.54) is 17.7 Å². The number of aromatic nitrogens is 2. The van der Waals surface area contributed by atoms with E-state index < -0.39 is 0 Å². The van der Waals surface area contributed by atoms with Gasteiger partial charge in [0.25, 0.3) is 0 Å². The number of para-hydroxylation sites is 1. The van der Waals surface area contributed by atoms with Crippen LogP contribution in [0.3, 0.4) is 0 Å². The van der Waals surface area contributed by atoms with Crippen molar-refractivity contribution in [1.82, 2.24) is 10.2 Å². The van der Waals surface area contributed by atoms with Gasteiger partial charge >= 0.3 is 0 Å². The van der Waals surface area contributed by atoms with E-state index in [9.17, 15) is 0 Å². The molecular formula is C14H18N4S2. The van der Waals surface area contributed by atoms with Crippen LogP contribution in [0.4, 0.5) is 10.8 Å². The van der Waals surface area contributed by atoms with Crippen LogP contribution in [0.5, 0.6) is 0 Å². The van der Waals surface area contributed by atoms with E-state index in [0.29, 0.717) is 5.25 Å². The van der Waals surface area contributed by atoms with Crippen LogP contribution in [0, 0.1) is 0 Å². The van der Waals surface area contributed by atoms with Gasteiger partial charge in [0.1, 0.15) is 0 Å². The smallest absolute Gasteiger partial charge is 0.208 e. The molecule has 1 aliphatic heterocycles. The van der Waals surface area contributed by atoms with Crippen molar-refractivity contribution in [1.29, 1.82) is 0 Å². The highest BCUT2D eigenvalue weighted by atomic mass is 32.2. The summed E-state index contributed by atoms with van der Waals surface area (Å²) in [6, 6.07) is 8.58. The molecule has 1 atom stereocenters. The number of benzene rings is 1. The Bertz CT molecular complexity index is 555. The Balaban J connectivity index is 1.65. The van der Waals surface area contributed by atoms with Crippen molar-refractivity contribution in [3.63, 3.8) is 0 Å². The molecule has 1 aromatic heterocycles. The fourth-order valence-electron chi connectivity index (χ4n) is 2.23. The van der Waals surface area contributed by atoms with Crippen molar-refractivity contribution < 1.29 is 0 Å². The minimum Gasteiger partial charge on any atom is -0.384 e. The van der Waals surface area contributed by atoms with Crippen LogP contribution in [0.2, 0.25) is 0 Å². The SMILES string of the molecule is CN(C)c1nnc(SC2CCc3ccccc3NC2)s1. The molecule has 4 nitrogen and oxygen atoms in total. The molecule has 1 aromatic carbocycles.